The standard InChI is InChI=1S/C21H21FN4O3/c1-3-15(20(27)23-12-13-7-5-6-8-14(13)22)26-21(28)17-11-18-16(9-10-29-18)25(17)19(4-2)24-26/h5-11,15H,3-4,12H2,1-2H3,(H,23,27)/t15-/m1/s1. The third kappa shape index (κ3) is 3.20. The van der Waals surface area contributed by atoms with Gasteiger partial charge in [-0.1, -0.05) is 32.0 Å². The summed E-state index contributed by atoms with van der Waals surface area (Å²) in [6.07, 6.45) is 2.50. The molecule has 1 amide bonds. The Balaban J connectivity index is 1.71. The highest BCUT2D eigenvalue weighted by molar-refractivity contribution is 5.83. The van der Waals surface area contributed by atoms with Crippen LogP contribution in [0.5, 0.6) is 0 Å². The van der Waals surface area contributed by atoms with Gasteiger partial charge in [0.1, 0.15) is 23.2 Å². The third-order valence-corrected chi connectivity index (χ3v) is 5.04. The second-order valence-corrected chi connectivity index (χ2v) is 6.79. The van der Waals surface area contributed by atoms with E-state index < -0.39 is 6.04 Å². The van der Waals surface area contributed by atoms with Crippen molar-refractivity contribution in [2.75, 3.05) is 0 Å². The second kappa shape index (κ2) is 7.54. The maximum Gasteiger partial charge on any atom is 0.291 e. The van der Waals surface area contributed by atoms with E-state index in [1.807, 2.05) is 6.92 Å². The molecule has 150 valence electrons. The number of fused-ring (bicyclic) bond motifs is 3. The van der Waals surface area contributed by atoms with Crippen molar-refractivity contribution < 1.29 is 13.6 Å². The molecule has 0 fully saturated rings. The predicted molar refractivity (Wildman–Crippen MR) is 106 cm³/mol. The summed E-state index contributed by atoms with van der Waals surface area (Å²) in [4.78, 5) is 25.9. The Morgan fingerprint density at radius 1 is 1.24 bits per heavy atom. The van der Waals surface area contributed by atoms with E-state index in [1.54, 1.807) is 47.9 Å². The van der Waals surface area contributed by atoms with E-state index in [0.717, 1.165) is 5.52 Å². The van der Waals surface area contributed by atoms with Crippen LogP contribution in [0.4, 0.5) is 4.39 Å². The number of furan rings is 1. The Morgan fingerprint density at radius 2 is 2.03 bits per heavy atom. The highest BCUT2D eigenvalue weighted by Crippen LogP contribution is 2.21. The number of nitrogens with one attached hydrogen (secondary N) is 1. The molecule has 1 atom stereocenters. The van der Waals surface area contributed by atoms with Crippen LogP contribution in [0.25, 0.3) is 16.6 Å². The summed E-state index contributed by atoms with van der Waals surface area (Å²) in [6, 6.07) is 8.90. The predicted octanol–water partition coefficient (Wildman–Crippen LogP) is 3.21. The zero-order valence-corrected chi connectivity index (χ0v) is 16.2. The SMILES string of the molecule is CCc1nn([C@H](CC)C(=O)NCc2ccccc2F)c(=O)c2cc3occc3n12. The van der Waals surface area contributed by atoms with Gasteiger partial charge in [-0.05, 0) is 12.5 Å². The summed E-state index contributed by atoms with van der Waals surface area (Å²) in [7, 11) is 0. The maximum atomic E-state index is 13.8. The molecule has 0 aliphatic heterocycles. The number of benzene rings is 1. The minimum absolute atomic E-state index is 0.0394. The van der Waals surface area contributed by atoms with E-state index in [9.17, 15) is 14.0 Å². The highest BCUT2D eigenvalue weighted by atomic mass is 19.1. The summed E-state index contributed by atoms with van der Waals surface area (Å²) in [5.41, 5.74) is 1.78. The first kappa shape index (κ1) is 18.9. The normalized spacial score (nSPS) is 12.5. The lowest BCUT2D eigenvalue weighted by Crippen LogP contribution is -2.39. The Morgan fingerprint density at radius 3 is 2.76 bits per heavy atom. The average molecular weight is 396 g/mol. The van der Waals surface area contributed by atoms with Crippen LogP contribution in [0.1, 0.15) is 37.7 Å². The van der Waals surface area contributed by atoms with Gasteiger partial charge in [-0.3, -0.25) is 14.0 Å². The lowest BCUT2D eigenvalue weighted by Gasteiger charge is -2.18. The molecule has 8 heteroatoms. The number of hydrogen-bond acceptors (Lipinski definition) is 4. The Bertz CT molecular complexity index is 1250. The Hall–Kier alpha value is -3.42. The molecule has 0 aliphatic carbocycles. The van der Waals surface area contributed by atoms with Gasteiger partial charge in [-0.2, -0.15) is 5.10 Å². The minimum atomic E-state index is -0.800. The molecule has 0 saturated carbocycles. The van der Waals surface area contributed by atoms with Gasteiger partial charge in [0.25, 0.3) is 5.56 Å². The molecule has 0 saturated heterocycles. The summed E-state index contributed by atoms with van der Waals surface area (Å²) in [5.74, 6) is -0.120. The van der Waals surface area contributed by atoms with Gasteiger partial charge >= 0.3 is 0 Å². The van der Waals surface area contributed by atoms with E-state index in [1.165, 1.54) is 10.7 Å². The summed E-state index contributed by atoms with van der Waals surface area (Å²) in [5, 5.41) is 7.20. The molecule has 3 aromatic heterocycles. The molecule has 7 nitrogen and oxygen atoms in total. The highest BCUT2D eigenvalue weighted by Gasteiger charge is 2.24. The van der Waals surface area contributed by atoms with Gasteiger partial charge < -0.3 is 9.73 Å². The number of carbonyl (C=O) groups is 1. The van der Waals surface area contributed by atoms with Crippen LogP contribution in [-0.4, -0.2) is 20.1 Å². The number of carbonyl (C=O) groups excluding carboxylic acids is 1. The van der Waals surface area contributed by atoms with Gasteiger partial charge in [-0.25, -0.2) is 9.07 Å². The molecule has 1 N–H and O–H groups in total. The zero-order chi connectivity index (χ0) is 20.5. The Labute approximate surface area is 165 Å². The molecule has 0 unspecified atom stereocenters. The smallest absolute Gasteiger partial charge is 0.291 e. The first-order valence-electron chi connectivity index (χ1n) is 9.56. The van der Waals surface area contributed by atoms with Gasteiger partial charge in [-0.15, -0.1) is 0 Å². The number of amides is 1. The topological polar surface area (TPSA) is 81.5 Å². The summed E-state index contributed by atoms with van der Waals surface area (Å²) >= 11 is 0. The van der Waals surface area contributed by atoms with E-state index in [-0.39, 0.29) is 23.8 Å². The molecule has 1 aromatic carbocycles. The van der Waals surface area contributed by atoms with Crippen molar-refractivity contribution in [2.24, 2.45) is 0 Å². The lowest BCUT2D eigenvalue weighted by molar-refractivity contribution is -0.125. The molecule has 0 spiro atoms. The van der Waals surface area contributed by atoms with Crippen LogP contribution in [0.3, 0.4) is 0 Å². The zero-order valence-electron chi connectivity index (χ0n) is 16.2. The number of aryl methyl sites for hydroxylation is 1. The molecule has 0 radical (unpaired) electrons. The number of hydrogen-bond donors (Lipinski definition) is 1. The number of aromatic nitrogens is 3. The first-order chi connectivity index (χ1) is 14.0. The third-order valence-electron chi connectivity index (χ3n) is 5.04. The Kier molecular flexibility index (Phi) is 4.92. The second-order valence-electron chi connectivity index (χ2n) is 6.79. The van der Waals surface area contributed by atoms with Crippen molar-refractivity contribution in [1.82, 2.24) is 19.5 Å². The summed E-state index contributed by atoms with van der Waals surface area (Å²) in [6.45, 7) is 3.78. The molecule has 3 heterocycles. The van der Waals surface area contributed by atoms with E-state index >= 15 is 0 Å². The van der Waals surface area contributed by atoms with Crippen molar-refractivity contribution in [2.45, 2.75) is 39.3 Å². The molecular weight excluding hydrogens is 375 g/mol. The number of rotatable bonds is 6. The van der Waals surface area contributed by atoms with Gasteiger partial charge in [0.2, 0.25) is 5.91 Å². The van der Waals surface area contributed by atoms with Crippen molar-refractivity contribution in [1.29, 1.82) is 0 Å². The van der Waals surface area contributed by atoms with Crippen LogP contribution in [-0.2, 0) is 17.8 Å². The van der Waals surface area contributed by atoms with Crippen LogP contribution in [0.15, 0.2) is 51.9 Å². The number of halogens is 1. The molecule has 0 aliphatic rings. The molecule has 0 bridgehead atoms. The van der Waals surface area contributed by atoms with Crippen molar-refractivity contribution in [3.8, 4) is 0 Å². The van der Waals surface area contributed by atoms with Crippen LogP contribution >= 0.6 is 0 Å². The first-order valence-corrected chi connectivity index (χ1v) is 9.56. The largest absolute Gasteiger partial charge is 0.463 e. The lowest BCUT2D eigenvalue weighted by atomic mass is 10.2. The van der Waals surface area contributed by atoms with Gasteiger partial charge in [0.05, 0.1) is 11.8 Å². The fraction of sp³-hybridized carbons (Fsp3) is 0.286. The van der Waals surface area contributed by atoms with E-state index in [2.05, 4.69) is 10.4 Å². The van der Waals surface area contributed by atoms with Crippen molar-refractivity contribution >= 4 is 22.5 Å². The van der Waals surface area contributed by atoms with Gasteiger partial charge in [0.15, 0.2) is 5.58 Å². The maximum absolute atomic E-state index is 13.8. The van der Waals surface area contributed by atoms with Crippen LogP contribution in [0.2, 0.25) is 0 Å². The number of nitrogens with zero attached hydrogens (tertiary/aromatic N) is 3. The van der Waals surface area contributed by atoms with E-state index in [0.29, 0.717) is 35.3 Å². The van der Waals surface area contributed by atoms with Crippen molar-refractivity contribution in [3.63, 3.8) is 0 Å². The molecular formula is C21H21FN4O3. The minimum Gasteiger partial charge on any atom is -0.463 e. The van der Waals surface area contributed by atoms with Crippen molar-refractivity contribution in [3.05, 3.63) is 70.2 Å². The molecule has 29 heavy (non-hydrogen) atoms. The fourth-order valence-electron chi connectivity index (χ4n) is 3.54. The fourth-order valence-corrected chi connectivity index (χ4v) is 3.54. The summed E-state index contributed by atoms with van der Waals surface area (Å²) < 4.78 is 22.2. The van der Waals surface area contributed by atoms with Gasteiger partial charge in [0, 0.05) is 30.7 Å². The monoisotopic (exact) mass is 396 g/mol. The quantitative estimate of drug-likeness (QED) is 0.543. The van der Waals surface area contributed by atoms with E-state index in [4.69, 9.17) is 4.42 Å². The average Bonchev–Trinajstić information content (AvgIpc) is 3.31. The van der Waals surface area contributed by atoms with Crippen LogP contribution in [0, 0.1) is 5.82 Å². The van der Waals surface area contributed by atoms with Crippen LogP contribution < -0.4 is 10.9 Å². The molecule has 4 aromatic rings. The molecule has 4 rings (SSSR count).